The Morgan fingerprint density at radius 2 is 2.14 bits per heavy atom. The van der Waals surface area contributed by atoms with Gasteiger partial charge < -0.3 is 20.1 Å². The Bertz CT molecular complexity index is 620. The second-order valence-corrected chi connectivity index (χ2v) is 6.18. The molecule has 1 aromatic rings. The van der Waals surface area contributed by atoms with Gasteiger partial charge in [0.25, 0.3) is 0 Å². The molecule has 22 heavy (non-hydrogen) atoms. The van der Waals surface area contributed by atoms with Crippen molar-refractivity contribution in [3.8, 4) is 5.75 Å². The van der Waals surface area contributed by atoms with Gasteiger partial charge in [0.05, 0.1) is 23.2 Å². The molecule has 6 nitrogen and oxygen atoms in total. The van der Waals surface area contributed by atoms with E-state index in [0.29, 0.717) is 29.4 Å². The molecule has 7 heteroatoms. The molecule has 0 saturated carbocycles. The van der Waals surface area contributed by atoms with Crippen LogP contribution >= 0.6 is 11.6 Å². The molecule has 1 saturated heterocycles. The Hall–Kier alpha value is -1.95. The molecule has 2 N–H and O–H groups in total. The van der Waals surface area contributed by atoms with Crippen molar-refractivity contribution in [1.82, 2.24) is 4.90 Å². The lowest BCUT2D eigenvalue weighted by Gasteiger charge is -2.21. The van der Waals surface area contributed by atoms with E-state index in [4.69, 9.17) is 16.3 Å². The summed E-state index contributed by atoms with van der Waals surface area (Å²) in [6.07, 6.45) is 0.436. The van der Waals surface area contributed by atoms with Crippen molar-refractivity contribution in [2.75, 3.05) is 25.5 Å². The number of benzene rings is 1. The summed E-state index contributed by atoms with van der Waals surface area (Å²) in [5.74, 6) is -0.247. The fraction of sp³-hybridized carbons (Fsp3) is 0.467. The van der Waals surface area contributed by atoms with Gasteiger partial charge >= 0.3 is 12.0 Å². The highest BCUT2D eigenvalue weighted by Crippen LogP contribution is 2.33. The number of rotatable bonds is 3. The molecule has 1 heterocycles. The number of carboxylic acids is 1. The summed E-state index contributed by atoms with van der Waals surface area (Å²) in [7, 11) is 1.55. The normalized spacial score (nSPS) is 20.8. The summed E-state index contributed by atoms with van der Waals surface area (Å²) in [5.41, 5.74) is 0.435. The first-order valence-electron chi connectivity index (χ1n) is 6.90. The van der Waals surface area contributed by atoms with E-state index in [1.165, 1.54) is 4.90 Å². The number of likely N-dealkylation sites (tertiary alicyclic amines) is 1. The lowest BCUT2D eigenvalue weighted by molar-refractivity contribution is -0.146. The second-order valence-electron chi connectivity index (χ2n) is 5.77. The van der Waals surface area contributed by atoms with Gasteiger partial charge in [0.1, 0.15) is 5.75 Å². The van der Waals surface area contributed by atoms with Crippen LogP contribution in [0.25, 0.3) is 0 Å². The van der Waals surface area contributed by atoms with Crippen molar-refractivity contribution in [3.05, 3.63) is 22.7 Å². The maximum Gasteiger partial charge on any atom is 0.321 e. The molecule has 2 amide bonds. The number of halogens is 1. The summed E-state index contributed by atoms with van der Waals surface area (Å²) in [5, 5.41) is 12.3. The number of carbonyl (C=O) groups excluding carboxylic acids is 1. The molecule has 0 spiro atoms. The maximum atomic E-state index is 12.3. The first-order valence-corrected chi connectivity index (χ1v) is 7.28. The molecule has 0 radical (unpaired) electrons. The number of hydrogen-bond donors (Lipinski definition) is 2. The molecule has 2 rings (SSSR count). The number of anilines is 1. The summed E-state index contributed by atoms with van der Waals surface area (Å²) >= 11 is 6.13. The van der Waals surface area contributed by atoms with Crippen molar-refractivity contribution in [2.24, 2.45) is 5.41 Å². The molecule has 1 fully saturated rings. The van der Waals surface area contributed by atoms with Gasteiger partial charge in [-0.3, -0.25) is 4.79 Å². The van der Waals surface area contributed by atoms with Crippen LogP contribution in [0.1, 0.15) is 18.9 Å². The Morgan fingerprint density at radius 3 is 2.68 bits per heavy atom. The topological polar surface area (TPSA) is 78.9 Å². The number of amides is 2. The van der Waals surface area contributed by atoms with E-state index >= 15 is 0 Å². The zero-order valence-electron chi connectivity index (χ0n) is 12.8. The van der Waals surface area contributed by atoms with Crippen molar-refractivity contribution in [3.63, 3.8) is 0 Å². The van der Waals surface area contributed by atoms with Crippen molar-refractivity contribution < 1.29 is 19.4 Å². The number of hydrogen-bond acceptors (Lipinski definition) is 3. The van der Waals surface area contributed by atoms with E-state index in [2.05, 4.69) is 5.32 Å². The van der Waals surface area contributed by atoms with E-state index in [9.17, 15) is 14.7 Å². The third kappa shape index (κ3) is 3.11. The molecule has 1 unspecified atom stereocenters. The third-order valence-corrected chi connectivity index (χ3v) is 4.32. The summed E-state index contributed by atoms with van der Waals surface area (Å²) in [6.45, 7) is 4.08. The van der Waals surface area contributed by atoms with E-state index in [1.807, 2.05) is 6.92 Å². The largest absolute Gasteiger partial charge is 0.496 e. The highest BCUT2D eigenvalue weighted by molar-refractivity contribution is 6.33. The molecular formula is C15H19ClN2O4. The van der Waals surface area contributed by atoms with Crippen LogP contribution < -0.4 is 10.1 Å². The molecule has 1 aromatic carbocycles. The second kappa shape index (κ2) is 6.04. The third-order valence-electron chi connectivity index (χ3n) is 4.00. The highest BCUT2D eigenvalue weighted by atomic mass is 35.5. The van der Waals surface area contributed by atoms with Gasteiger partial charge in [0.15, 0.2) is 0 Å². The SMILES string of the molecule is COc1cc(Cl)c(NC(=O)N2CCC(C)(C(=O)O)C2)cc1C. The van der Waals surface area contributed by atoms with Gasteiger partial charge in [0.2, 0.25) is 0 Å². The monoisotopic (exact) mass is 326 g/mol. The number of carbonyl (C=O) groups is 2. The molecule has 0 bridgehead atoms. The minimum Gasteiger partial charge on any atom is -0.496 e. The first kappa shape index (κ1) is 16.4. The van der Waals surface area contributed by atoms with Crippen LogP contribution in [-0.2, 0) is 4.79 Å². The zero-order valence-corrected chi connectivity index (χ0v) is 13.5. The van der Waals surface area contributed by atoms with Gasteiger partial charge in [-0.2, -0.15) is 0 Å². The van der Waals surface area contributed by atoms with Crippen molar-refractivity contribution in [1.29, 1.82) is 0 Å². The Balaban J connectivity index is 2.11. The molecular weight excluding hydrogens is 308 g/mol. The molecule has 1 aliphatic rings. The van der Waals surface area contributed by atoms with Crippen LogP contribution in [-0.4, -0.2) is 42.2 Å². The number of nitrogens with zero attached hydrogens (tertiary/aromatic N) is 1. The van der Waals surface area contributed by atoms with Crippen LogP contribution in [0, 0.1) is 12.3 Å². The predicted octanol–water partition coefficient (Wildman–Crippen LogP) is 2.99. The zero-order chi connectivity index (χ0) is 16.5. The number of methoxy groups -OCH3 is 1. The molecule has 0 aliphatic carbocycles. The van der Waals surface area contributed by atoms with Crippen LogP contribution in [0.5, 0.6) is 5.75 Å². The molecule has 120 valence electrons. The minimum absolute atomic E-state index is 0.181. The number of nitrogens with one attached hydrogen (secondary N) is 1. The lowest BCUT2D eigenvalue weighted by Crippen LogP contribution is -2.37. The summed E-state index contributed by atoms with van der Waals surface area (Å²) in [6, 6.07) is 3.01. The molecule has 0 aromatic heterocycles. The van der Waals surface area contributed by atoms with E-state index in [0.717, 1.165) is 5.56 Å². The van der Waals surface area contributed by atoms with E-state index in [-0.39, 0.29) is 12.6 Å². The van der Waals surface area contributed by atoms with Gasteiger partial charge in [-0.05, 0) is 31.9 Å². The van der Waals surface area contributed by atoms with Crippen molar-refractivity contribution in [2.45, 2.75) is 20.3 Å². The first-order chi connectivity index (χ1) is 10.3. The Labute approximate surface area is 134 Å². The average Bonchev–Trinajstić information content (AvgIpc) is 2.86. The molecule has 1 atom stereocenters. The number of ether oxygens (including phenoxy) is 1. The number of aryl methyl sites for hydroxylation is 1. The van der Waals surface area contributed by atoms with Gasteiger partial charge in [-0.1, -0.05) is 11.6 Å². The van der Waals surface area contributed by atoms with Gasteiger partial charge in [-0.15, -0.1) is 0 Å². The van der Waals surface area contributed by atoms with Gasteiger partial charge in [0, 0.05) is 19.2 Å². The van der Waals surface area contributed by atoms with Crippen LogP contribution in [0.3, 0.4) is 0 Å². The maximum absolute atomic E-state index is 12.3. The Kier molecular flexibility index (Phi) is 4.51. The average molecular weight is 327 g/mol. The summed E-state index contributed by atoms with van der Waals surface area (Å²) in [4.78, 5) is 25.0. The van der Waals surface area contributed by atoms with Crippen LogP contribution in [0.4, 0.5) is 10.5 Å². The Morgan fingerprint density at radius 1 is 1.45 bits per heavy atom. The standard InChI is InChI=1S/C15H19ClN2O4/c1-9-6-11(10(16)7-12(9)22-3)17-14(21)18-5-4-15(2,8-18)13(19)20/h6-7H,4-5,8H2,1-3H3,(H,17,21)(H,19,20). The highest BCUT2D eigenvalue weighted by Gasteiger charge is 2.42. The van der Waals surface area contributed by atoms with E-state index in [1.54, 1.807) is 26.2 Å². The lowest BCUT2D eigenvalue weighted by atomic mass is 9.90. The number of aliphatic carboxylic acids is 1. The van der Waals surface area contributed by atoms with Crippen molar-refractivity contribution >= 4 is 29.3 Å². The fourth-order valence-corrected chi connectivity index (χ4v) is 2.68. The predicted molar refractivity (Wildman–Crippen MR) is 83.7 cm³/mol. The quantitative estimate of drug-likeness (QED) is 0.895. The van der Waals surface area contributed by atoms with Crippen LogP contribution in [0.15, 0.2) is 12.1 Å². The van der Waals surface area contributed by atoms with Gasteiger partial charge in [-0.25, -0.2) is 4.79 Å². The smallest absolute Gasteiger partial charge is 0.321 e. The van der Waals surface area contributed by atoms with E-state index < -0.39 is 11.4 Å². The summed E-state index contributed by atoms with van der Waals surface area (Å²) < 4.78 is 5.17. The molecule has 1 aliphatic heterocycles. The number of carboxylic acid groups (broad SMARTS) is 1. The minimum atomic E-state index is -0.892. The van der Waals surface area contributed by atoms with Crippen LogP contribution in [0.2, 0.25) is 5.02 Å². The fourth-order valence-electron chi connectivity index (χ4n) is 2.48. The number of urea groups is 1.